The number of para-hydroxylation sites is 2. The van der Waals surface area contributed by atoms with E-state index in [1.54, 1.807) is 29.3 Å². The molecule has 0 saturated heterocycles. The molecular weight excluding hydrogens is 466 g/mol. The van der Waals surface area contributed by atoms with Gasteiger partial charge in [-0.15, -0.1) is 0 Å². The molecule has 1 amide bonds. The first kappa shape index (κ1) is 23.3. The Balaban J connectivity index is 1.27. The molecule has 1 aromatic heterocycles. The second kappa shape index (κ2) is 9.67. The number of aromatic nitrogens is 1. The first-order chi connectivity index (χ1) is 16.9. The molecule has 2 aliphatic rings. The lowest BCUT2D eigenvalue weighted by atomic mass is 9.95. The topological polar surface area (TPSA) is 97.8 Å². The van der Waals surface area contributed by atoms with Gasteiger partial charge in [-0.25, -0.2) is 13.1 Å². The molecule has 35 heavy (non-hydrogen) atoms. The molecule has 0 unspecified atom stereocenters. The molecule has 2 aromatic carbocycles. The maximum atomic E-state index is 13.2. The highest BCUT2D eigenvalue weighted by atomic mass is 32.2. The fourth-order valence-electron chi connectivity index (χ4n) is 4.52. The van der Waals surface area contributed by atoms with E-state index in [4.69, 9.17) is 9.47 Å². The summed E-state index contributed by atoms with van der Waals surface area (Å²) < 4.78 is 39.6. The Labute approximate surface area is 204 Å². The third-order valence-corrected chi connectivity index (χ3v) is 7.66. The summed E-state index contributed by atoms with van der Waals surface area (Å²) in [5.74, 6) is 0.997. The molecule has 0 aliphatic carbocycles. The first-order valence-electron chi connectivity index (χ1n) is 11.5. The Morgan fingerprint density at radius 2 is 1.86 bits per heavy atom. The van der Waals surface area contributed by atoms with Crippen LogP contribution in [0.4, 0.5) is 0 Å². The third kappa shape index (κ3) is 5.16. The molecule has 5 rings (SSSR count). The van der Waals surface area contributed by atoms with Crippen molar-refractivity contribution >= 4 is 15.9 Å². The fourth-order valence-corrected chi connectivity index (χ4v) is 5.61. The minimum absolute atomic E-state index is 0.0792. The van der Waals surface area contributed by atoms with Gasteiger partial charge in [0.05, 0.1) is 5.75 Å². The van der Waals surface area contributed by atoms with E-state index in [-0.39, 0.29) is 24.8 Å². The number of hydrogen-bond donors (Lipinski definition) is 1. The number of sulfonamides is 1. The van der Waals surface area contributed by atoms with Gasteiger partial charge in [0.25, 0.3) is 5.91 Å². The molecule has 2 aliphatic heterocycles. The molecule has 0 radical (unpaired) electrons. The highest BCUT2D eigenvalue weighted by Gasteiger charge is 2.33. The number of pyridine rings is 1. The number of aryl methyl sites for hydroxylation is 1. The van der Waals surface area contributed by atoms with E-state index in [0.717, 1.165) is 27.9 Å². The molecule has 0 spiro atoms. The van der Waals surface area contributed by atoms with Crippen molar-refractivity contribution in [1.82, 2.24) is 14.6 Å². The molecule has 0 bridgehead atoms. The van der Waals surface area contributed by atoms with Crippen molar-refractivity contribution in [3.8, 4) is 11.5 Å². The van der Waals surface area contributed by atoms with E-state index in [2.05, 4.69) is 9.71 Å². The molecule has 3 heterocycles. The smallest absolute Gasteiger partial charge is 0.267 e. The summed E-state index contributed by atoms with van der Waals surface area (Å²) in [6.07, 6.45) is 1.69. The van der Waals surface area contributed by atoms with Gasteiger partial charge in [0, 0.05) is 31.5 Å². The third-order valence-electron chi connectivity index (χ3n) is 6.36. The average Bonchev–Trinajstić information content (AvgIpc) is 2.87. The summed E-state index contributed by atoms with van der Waals surface area (Å²) in [5, 5.41) is 0. The van der Waals surface area contributed by atoms with Crippen LogP contribution in [0.15, 0.2) is 60.8 Å². The van der Waals surface area contributed by atoms with Crippen molar-refractivity contribution in [3.05, 3.63) is 88.7 Å². The normalized spacial score (nSPS) is 17.1. The Morgan fingerprint density at radius 1 is 1.11 bits per heavy atom. The number of rotatable bonds is 6. The highest BCUT2D eigenvalue weighted by molar-refractivity contribution is 7.88. The number of amides is 1. The minimum Gasteiger partial charge on any atom is -0.485 e. The summed E-state index contributed by atoms with van der Waals surface area (Å²) in [6, 6.07) is 16.4. The summed E-state index contributed by atoms with van der Waals surface area (Å²) >= 11 is 0. The van der Waals surface area contributed by atoms with Gasteiger partial charge in [-0.05, 0) is 47.7 Å². The first-order valence-corrected chi connectivity index (χ1v) is 13.2. The Kier molecular flexibility index (Phi) is 6.44. The van der Waals surface area contributed by atoms with Crippen LogP contribution in [0.25, 0.3) is 0 Å². The van der Waals surface area contributed by atoms with E-state index in [1.165, 1.54) is 0 Å². The lowest BCUT2D eigenvalue weighted by Crippen LogP contribution is -2.48. The van der Waals surface area contributed by atoms with Crippen LogP contribution in [0.1, 0.15) is 27.9 Å². The van der Waals surface area contributed by atoms with Gasteiger partial charge in [-0.3, -0.25) is 9.78 Å². The average molecular weight is 494 g/mol. The van der Waals surface area contributed by atoms with Crippen molar-refractivity contribution in [3.63, 3.8) is 0 Å². The predicted octanol–water partition coefficient (Wildman–Crippen LogP) is 2.73. The van der Waals surface area contributed by atoms with E-state index in [9.17, 15) is 13.2 Å². The van der Waals surface area contributed by atoms with Gasteiger partial charge >= 0.3 is 0 Å². The Bertz CT molecular complexity index is 1340. The summed E-state index contributed by atoms with van der Waals surface area (Å²) in [6.45, 7) is 3.12. The van der Waals surface area contributed by atoms with Crippen molar-refractivity contribution in [2.45, 2.75) is 38.3 Å². The monoisotopic (exact) mass is 493 g/mol. The van der Waals surface area contributed by atoms with Crippen LogP contribution in [0.3, 0.4) is 0 Å². The molecular formula is C26H27N3O5S. The number of ether oxygens (including phenoxy) is 2. The van der Waals surface area contributed by atoms with Gasteiger partial charge in [0.15, 0.2) is 11.5 Å². The zero-order valence-electron chi connectivity index (χ0n) is 19.4. The van der Waals surface area contributed by atoms with Crippen LogP contribution in [0.5, 0.6) is 11.5 Å². The van der Waals surface area contributed by atoms with E-state index in [1.807, 2.05) is 43.3 Å². The number of nitrogens with zero attached hydrogens (tertiary/aromatic N) is 2. The number of carbonyl (C=O) groups excluding carboxylic acids is 1. The van der Waals surface area contributed by atoms with Crippen molar-refractivity contribution in [2.24, 2.45) is 0 Å². The molecule has 0 fully saturated rings. The number of nitrogens with one attached hydrogen (secondary N) is 1. The highest BCUT2D eigenvalue weighted by Crippen LogP contribution is 2.32. The minimum atomic E-state index is -3.51. The molecule has 9 heteroatoms. The van der Waals surface area contributed by atoms with Gasteiger partial charge < -0.3 is 14.4 Å². The van der Waals surface area contributed by atoms with Crippen molar-refractivity contribution < 1.29 is 22.7 Å². The maximum absolute atomic E-state index is 13.2. The predicted molar refractivity (Wildman–Crippen MR) is 130 cm³/mol. The van der Waals surface area contributed by atoms with Crippen LogP contribution in [-0.4, -0.2) is 43.5 Å². The second-order valence-corrected chi connectivity index (χ2v) is 10.6. The summed E-state index contributed by atoms with van der Waals surface area (Å²) in [5.41, 5.74) is 4.36. The van der Waals surface area contributed by atoms with E-state index in [0.29, 0.717) is 31.0 Å². The SMILES string of the molecule is Cc1ncc2c(c1CNS(=O)(=O)Cc1ccccc1)CCN(C(=O)[C@H]1COc3ccccc3O1)C2. The Hall–Kier alpha value is -3.43. The molecule has 1 N–H and O–H groups in total. The van der Waals surface area contributed by atoms with Crippen LogP contribution < -0.4 is 14.2 Å². The van der Waals surface area contributed by atoms with Crippen LogP contribution in [0.2, 0.25) is 0 Å². The lowest BCUT2D eigenvalue weighted by molar-refractivity contribution is -0.142. The quantitative estimate of drug-likeness (QED) is 0.567. The Morgan fingerprint density at radius 3 is 2.66 bits per heavy atom. The van der Waals surface area contributed by atoms with Gasteiger partial charge in [0.2, 0.25) is 16.1 Å². The van der Waals surface area contributed by atoms with E-state index < -0.39 is 16.1 Å². The standard InChI is InChI=1S/C26H27N3O5S/c1-18-22(14-28-35(31,32)17-19-7-3-2-4-8-19)21-11-12-29(15-20(21)13-27-18)26(30)25-16-33-23-9-5-6-10-24(23)34-25/h2-10,13,25,28H,11-12,14-17H2,1H3/t25-/m1/s1. The number of fused-ring (bicyclic) bond motifs is 2. The zero-order chi connectivity index (χ0) is 24.4. The van der Waals surface area contributed by atoms with Crippen molar-refractivity contribution in [2.75, 3.05) is 13.2 Å². The summed E-state index contributed by atoms with van der Waals surface area (Å²) in [4.78, 5) is 19.4. The van der Waals surface area contributed by atoms with Crippen LogP contribution >= 0.6 is 0 Å². The number of hydrogen-bond acceptors (Lipinski definition) is 6. The van der Waals surface area contributed by atoms with Crippen molar-refractivity contribution in [1.29, 1.82) is 0 Å². The largest absolute Gasteiger partial charge is 0.485 e. The molecule has 182 valence electrons. The van der Waals surface area contributed by atoms with Gasteiger partial charge in [-0.2, -0.15) is 0 Å². The molecule has 1 atom stereocenters. The van der Waals surface area contributed by atoms with E-state index >= 15 is 0 Å². The van der Waals surface area contributed by atoms with Gasteiger partial charge in [-0.1, -0.05) is 42.5 Å². The zero-order valence-corrected chi connectivity index (χ0v) is 20.3. The molecule has 0 saturated carbocycles. The summed E-state index contributed by atoms with van der Waals surface area (Å²) in [7, 11) is -3.51. The van der Waals surface area contributed by atoms with Gasteiger partial charge in [0.1, 0.15) is 6.61 Å². The van der Waals surface area contributed by atoms with Crippen LogP contribution in [0, 0.1) is 6.92 Å². The number of carbonyl (C=O) groups is 1. The second-order valence-electron chi connectivity index (χ2n) is 8.77. The maximum Gasteiger partial charge on any atom is 0.267 e. The molecule has 3 aromatic rings. The molecule has 8 nitrogen and oxygen atoms in total. The lowest BCUT2D eigenvalue weighted by Gasteiger charge is -2.34. The fraction of sp³-hybridized carbons (Fsp3) is 0.308. The number of benzene rings is 2. The van der Waals surface area contributed by atoms with Crippen LogP contribution in [-0.2, 0) is 40.1 Å².